The number of aromatic hydroxyl groups is 2. The van der Waals surface area contributed by atoms with Crippen molar-refractivity contribution in [1.29, 1.82) is 0 Å². The third kappa shape index (κ3) is 4.54. The van der Waals surface area contributed by atoms with Crippen molar-refractivity contribution in [2.75, 3.05) is 0 Å². The number of hydrogen-bond acceptors (Lipinski definition) is 10. The van der Waals surface area contributed by atoms with Crippen molar-refractivity contribution in [3.05, 3.63) is 42.5 Å². The standard InChI is InChI=1S/C16H12N2O11S3/c19-11-7-9(30(21,22)23)5-8-6-13(32(27,28)29)15(16(20)14(8)11)18-17-10-3-1-2-4-12(10)31(24,25)26/h1-7,19-20H,(H,21,22,23)(H,24,25,26)(H,27,28,29). The Labute approximate surface area is 180 Å². The molecule has 0 fully saturated rings. The van der Waals surface area contributed by atoms with E-state index in [2.05, 4.69) is 10.2 Å². The van der Waals surface area contributed by atoms with Crippen molar-refractivity contribution in [3.8, 4) is 11.5 Å². The molecular weight excluding hydrogens is 492 g/mol. The van der Waals surface area contributed by atoms with Crippen LogP contribution in [0.1, 0.15) is 0 Å². The van der Waals surface area contributed by atoms with Crippen LogP contribution in [0.2, 0.25) is 0 Å². The van der Waals surface area contributed by atoms with E-state index in [4.69, 9.17) is 4.55 Å². The highest BCUT2D eigenvalue weighted by Crippen LogP contribution is 2.45. The van der Waals surface area contributed by atoms with E-state index in [1.54, 1.807) is 0 Å². The Morgan fingerprint density at radius 2 is 1.28 bits per heavy atom. The lowest BCUT2D eigenvalue weighted by Gasteiger charge is -2.11. The van der Waals surface area contributed by atoms with E-state index in [0.717, 1.165) is 12.1 Å². The first-order chi connectivity index (χ1) is 14.6. The number of phenols is 2. The average molecular weight is 504 g/mol. The Balaban J connectivity index is 2.37. The highest BCUT2D eigenvalue weighted by Gasteiger charge is 2.25. The second-order valence-electron chi connectivity index (χ2n) is 6.21. The Morgan fingerprint density at radius 1 is 0.688 bits per heavy atom. The van der Waals surface area contributed by atoms with E-state index in [1.165, 1.54) is 12.1 Å². The maximum Gasteiger partial charge on any atom is 0.296 e. The van der Waals surface area contributed by atoms with Crippen LogP contribution in [0.4, 0.5) is 11.4 Å². The third-order valence-electron chi connectivity index (χ3n) is 4.08. The zero-order valence-corrected chi connectivity index (χ0v) is 17.8. The molecule has 0 saturated heterocycles. The van der Waals surface area contributed by atoms with E-state index >= 15 is 0 Å². The van der Waals surface area contributed by atoms with Gasteiger partial charge in [-0.25, -0.2) is 0 Å². The van der Waals surface area contributed by atoms with E-state index in [0.29, 0.717) is 18.2 Å². The van der Waals surface area contributed by atoms with Crippen molar-refractivity contribution < 1.29 is 49.1 Å². The summed E-state index contributed by atoms with van der Waals surface area (Å²) in [6.45, 7) is 0. The summed E-state index contributed by atoms with van der Waals surface area (Å²) >= 11 is 0. The molecule has 0 amide bonds. The normalized spacial score (nSPS) is 13.1. The van der Waals surface area contributed by atoms with Crippen LogP contribution in [0, 0.1) is 0 Å². The van der Waals surface area contributed by atoms with Gasteiger partial charge < -0.3 is 10.2 Å². The van der Waals surface area contributed by atoms with Gasteiger partial charge in [-0.1, -0.05) is 12.1 Å². The van der Waals surface area contributed by atoms with Crippen molar-refractivity contribution in [1.82, 2.24) is 0 Å². The smallest absolute Gasteiger partial charge is 0.296 e. The fourth-order valence-electron chi connectivity index (χ4n) is 2.74. The average Bonchev–Trinajstić information content (AvgIpc) is 2.64. The molecule has 0 atom stereocenters. The molecule has 0 heterocycles. The number of fused-ring (bicyclic) bond motifs is 1. The largest absolute Gasteiger partial charge is 0.507 e. The minimum atomic E-state index is -5.13. The summed E-state index contributed by atoms with van der Waals surface area (Å²) < 4.78 is 97.2. The second kappa shape index (κ2) is 7.76. The molecule has 32 heavy (non-hydrogen) atoms. The lowest BCUT2D eigenvalue weighted by molar-refractivity contribution is 0.457. The molecule has 0 aliphatic carbocycles. The predicted molar refractivity (Wildman–Crippen MR) is 107 cm³/mol. The Morgan fingerprint density at radius 3 is 1.84 bits per heavy atom. The molecule has 170 valence electrons. The topological polar surface area (TPSA) is 228 Å². The summed E-state index contributed by atoms with van der Waals surface area (Å²) in [6.07, 6.45) is 0. The molecule has 0 saturated carbocycles. The van der Waals surface area contributed by atoms with Gasteiger partial charge in [0.2, 0.25) is 0 Å². The van der Waals surface area contributed by atoms with Gasteiger partial charge in [0, 0.05) is 6.07 Å². The summed E-state index contributed by atoms with van der Waals surface area (Å²) in [7, 11) is -14.7. The van der Waals surface area contributed by atoms with E-state index in [9.17, 15) is 44.6 Å². The first kappa shape index (κ1) is 23.5. The fraction of sp³-hybridized carbons (Fsp3) is 0. The van der Waals surface area contributed by atoms with E-state index in [-0.39, 0.29) is 0 Å². The van der Waals surface area contributed by atoms with Crippen LogP contribution in [0.15, 0.2) is 67.4 Å². The zero-order chi connectivity index (χ0) is 24.1. The van der Waals surface area contributed by atoms with E-state index < -0.39 is 78.7 Å². The van der Waals surface area contributed by atoms with Gasteiger partial charge in [0.15, 0.2) is 5.75 Å². The first-order valence-electron chi connectivity index (χ1n) is 8.06. The van der Waals surface area contributed by atoms with Crippen LogP contribution in [-0.2, 0) is 30.4 Å². The molecule has 0 aliphatic heterocycles. The first-order valence-corrected chi connectivity index (χ1v) is 12.4. The fourth-order valence-corrected chi connectivity index (χ4v) is 4.56. The third-order valence-corrected chi connectivity index (χ3v) is 6.68. The van der Waals surface area contributed by atoms with Crippen LogP contribution in [-0.4, -0.2) is 49.1 Å². The molecule has 3 rings (SSSR count). The Bertz CT molecular complexity index is 1610. The van der Waals surface area contributed by atoms with Crippen molar-refractivity contribution in [3.63, 3.8) is 0 Å². The lowest BCUT2D eigenvalue weighted by atomic mass is 10.1. The number of benzene rings is 3. The molecule has 0 unspecified atom stereocenters. The minimum Gasteiger partial charge on any atom is -0.507 e. The van der Waals surface area contributed by atoms with Gasteiger partial charge in [0.1, 0.15) is 26.9 Å². The van der Waals surface area contributed by atoms with Crippen molar-refractivity contribution >= 4 is 52.5 Å². The molecule has 0 spiro atoms. The number of rotatable bonds is 5. The quantitative estimate of drug-likeness (QED) is 0.250. The molecule has 5 N–H and O–H groups in total. The summed E-state index contributed by atoms with van der Waals surface area (Å²) in [5.74, 6) is -1.97. The van der Waals surface area contributed by atoms with Gasteiger partial charge in [0.25, 0.3) is 30.4 Å². The molecular formula is C16H12N2O11S3. The highest BCUT2D eigenvalue weighted by molar-refractivity contribution is 7.86. The molecule has 3 aromatic carbocycles. The molecule has 13 nitrogen and oxygen atoms in total. The highest BCUT2D eigenvalue weighted by atomic mass is 32.2. The van der Waals surface area contributed by atoms with Crippen molar-refractivity contribution in [2.45, 2.75) is 14.7 Å². The zero-order valence-electron chi connectivity index (χ0n) is 15.3. The van der Waals surface area contributed by atoms with E-state index in [1.807, 2.05) is 0 Å². The van der Waals surface area contributed by atoms with Gasteiger partial charge in [-0.05, 0) is 29.7 Å². The predicted octanol–water partition coefficient (Wildman–Crippen LogP) is 2.41. The van der Waals surface area contributed by atoms with Crippen molar-refractivity contribution in [2.24, 2.45) is 10.2 Å². The van der Waals surface area contributed by atoms with Gasteiger partial charge in [0.05, 0.1) is 10.3 Å². The number of hydrogen-bond donors (Lipinski definition) is 5. The van der Waals surface area contributed by atoms with Gasteiger partial charge in [-0.3, -0.25) is 13.7 Å². The molecule has 0 bridgehead atoms. The molecule has 0 aromatic heterocycles. The monoisotopic (exact) mass is 504 g/mol. The Kier molecular flexibility index (Phi) is 5.71. The summed E-state index contributed by atoms with van der Waals surface area (Å²) in [6, 6.07) is 6.55. The number of phenolic OH excluding ortho intramolecular Hbond substituents is 2. The van der Waals surface area contributed by atoms with Gasteiger partial charge in [-0.2, -0.15) is 25.3 Å². The number of nitrogens with zero attached hydrogens (tertiary/aromatic N) is 2. The van der Waals surface area contributed by atoms with Gasteiger partial charge in [-0.15, -0.1) is 10.2 Å². The molecule has 3 aromatic rings. The summed E-state index contributed by atoms with van der Waals surface area (Å²) in [5.41, 5.74) is -1.39. The molecule has 16 heteroatoms. The SMILES string of the molecule is O=S(=O)(O)c1cc(O)c2c(O)c(N=Nc3ccccc3S(=O)(=O)O)c(S(=O)(=O)O)cc2c1. The van der Waals surface area contributed by atoms with Crippen LogP contribution in [0.5, 0.6) is 11.5 Å². The van der Waals surface area contributed by atoms with Crippen LogP contribution >= 0.6 is 0 Å². The summed E-state index contributed by atoms with van der Waals surface area (Å²) in [5, 5.41) is 26.7. The van der Waals surface area contributed by atoms with Crippen LogP contribution in [0.25, 0.3) is 10.8 Å². The lowest BCUT2D eigenvalue weighted by Crippen LogP contribution is -2.01. The van der Waals surface area contributed by atoms with Crippen LogP contribution < -0.4 is 0 Å². The molecule has 0 aliphatic rings. The number of azo groups is 1. The maximum absolute atomic E-state index is 11.8. The van der Waals surface area contributed by atoms with Gasteiger partial charge >= 0.3 is 0 Å². The summed E-state index contributed by atoms with van der Waals surface area (Å²) in [4.78, 5) is -2.61. The second-order valence-corrected chi connectivity index (χ2v) is 10.4. The Hall–Kier alpha value is -3.15. The minimum absolute atomic E-state index is 0.417. The maximum atomic E-state index is 11.8. The van der Waals surface area contributed by atoms with Crippen LogP contribution in [0.3, 0.4) is 0 Å². The molecule has 0 radical (unpaired) electrons.